The van der Waals surface area contributed by atoms with E-state index in [0.717, 1.165) is 17.1 Å². The second-order valence-electron chi connectivity index (χ2n) is 7.86. The van der Waals surface area contributed by atoms with Crippen LogP contribution in [0.1, 0.15) is 32.5 Å². The Morgan fingerprint density at radius 1 is 1.21 bits per heavy atom. The number of pyridine rings is 1. The number of carbonyl (C=O) groups excluding carboxylic acids is 1. The summed E-state index contributed by atoms with van der Waals surface area (Å²) in [5.41, 5.74) is 8.72. The van der Waals surface area contributed by atoms with Crippen molar-refractivity contribution in [1.82, 2.24) is 30.2 Å². The fraction of sp³-hybridized carbons (Fsp3) is 0.409. The van der Waals surface area contributed by atoms with Crippen LogP contribution in [0.3, 0.4) is 0 Å². The summed E-state index contributed by atoms with van der Waals surface area (Å²) < 4.78 is 10.2. The second-order valence-corrected chi connectivity index (χ2v) is 7.86. The summed E-state index contributed by atoms with van der Waals surface area (Å²) in [5.74, 6) is 2.03. The van der Waals surface area contributed by atoms with Gasteiger partial charge in [0.15, 0.2) is 11.6 Å². The molecule has 11 heteroatoms. The van der Waals surface area contributed by atoms with Crippen LogP contribution in [-0.4, -0.2) is 64.2 Å². The number of imidazole rings is 1. The molecule has 0 bridgehead atoms. The molecule has 3 rings (SSSR count). The van der Waals surface area contributed by atoms with Crippen molar-refractivity contribution >= 4 is 17.7 Å². The SMILES string of the molecule is COCC(=O)NC(C)CNc1nccc(-c2[nH]c(C(C)C)nc2-c2cnc(N)c(OC)c2)n1. The largest absolute Gasteiger partial charge is 0.493 e. The van der Waals surface area contributed by atoms with Gasteiger partial charge in [0.1, 0.15) is 12.4 Å². The van der Waals surface area contributed by atoms with Crippen molar-refractivity contribution in [2.45, 2.75) is 32.7 Å². The van der Waals surface area contributed by atoms with Crippen LogP contribution in [-0.2, 0) is 9.53 Å². The molecule has 1 amide bonds. The smallest absolute Gasteiger partial charge is 0.246 e. The Balaban J connectivity index is 1.88. The zero-order chi connectivity index (χ0) is 24.0. The van der Waals surface area contributed by atoms with Crippen molar-refractivity contribution in [3.63, 3.8) is 0 Å². The van der Waals surface area contributed by atoms with Crippen LogP contribution in [0.5, 0.6) is 5.75 Å². The predicted molar refractivity (Wildman–Crippen MR) is 126 cm³/mol. The normalized spacial score (nSPS) is 11.9. The van der Waals surface area contributed by atoms with Crippen molar-refractivity contribution in [2.75, 3.05) is 38.4 Å². The highest BCUT2D eigenvalue weighted by atomic mass is 16.5. The first-order valence-corrected chi connectivity index (χ1v) is 10.6. The number of nitrogens with one attached hydrogen (secondary N) is 3. The van der Waals surface area contributed by atoms with Gasteiger partial charge in [-0.25, -0.2) is 19.9 Å². The zero-order valence-corrected chi connectivity index (χ0v) is 19.5. The van der Waals surface area contributed by atoms with Crippen LogP contribution >= 0.6 is 0 Å². The Bertz CT molecular complexity index is 1100. The average molecular weight is 455 g/mol. The minimum atomic E-state index is -0.183. The molecule has 3 heterocycles. The highest BCUT2D eigenvalue weighted by molar-refractivity contribution is 5.78. The molecule has 0 aliphatic carbocycles. The van der Waals surface area contributed by atoms with Gasteiger partial charge >= 0.3 is 0 Å². The fourth-order valence-corrected chi connectivity index (χ4v) is 3.13. The molecule has 0 radical (unpaired) electrons. The lowest BCUT2D eigenvalue weighted by Gasteiger charge is -2.14. The Labute approximate surface area is 192 Å². The number of anilines is 2. The van der Waals surface area contributed by atoms with E-state index in [2.05, 4.69) is 44.4 Å². The third-order valence-corrected chi connectivity index (χ3v) is 4.81. The number of rotatable bonds is 10. The van der Waals surface area contributed by atoms with Crippen LogP contribution < -0.4 is 21.1 Å². The molecule has 1 unspecified atom stereocenters. The van der Waals surface area contributed by atoms with E-state index in [1.165, 1.54) is 7.11 Å². The Morgan fingerprint density at radius 2 is 2.00 bits per heavy atom. The van der Waals surface area contributed by atoms with Crippen molar-refractivity contribution in [3.8, 4) is 28.4 Å². The van der Waals surface area contributed by atoms with E-state index >= 15 is 0 Å². The van der Waals surface area contributed by atoms with Gasteiger partial charge in [0.05, 0.1) is 24.2 Å². The van der Waals surface area contributed by atoms with Gasteiger partial charge in [0, 0.05) is 43.6 Å². The number of ether oxygens (including phenoxy) is 2. The minimum Gasteiger partial charge on any atom is -0.493 e. The number of aromatic nitrogens is 5. The van der Waals surface area contributed by atoms with E-state index in [4.69, 9.17) is 20.2 Å². The quantitative estimate of drug-likeness (QED) is 0.361. The molecule has 0 saturated carbocycles. The van der Waals surface area contributed by atoms with Gasteiger partial charge in [-0.15, -0.1) is 0 Å². The Kier molecular flexibility index (Phi) is 7.78. The average Bonchev–Trinajstić information content (AvgIpc) is 3.24. The third kappa shape index (κ3) is 5.95. The number of H-pyrrole nitrogens is 1. The maximum Gasteiger partial charge on any atom is 0.246 e. The standard InChI is InChI=1S/C22H30N8O3/c1-12(2)21-29-18(14-8-16(33-5)20(23)25-10-14)19(30-21)15-6-7-24-22(28-15)26-9-13(3)27-17(31)11-32-4/h6-8,10,12-13H,9,11H2,1-5H3,(H2,23,25)(H,27,31)(H,29,30)(H,24,26,28). The fourth-order valence-electron chi connectivity index (χ4n) is 3.13. The molecular weight excluding hydrogens is 424 g/mol. The van der Waals surface area contributed by atoms with Crippen LogP contribution in [0.25, 0.3) is 22.6 Å². The highest BCUT2D eigenvalue weighted by Gasteiger charge is 2.19. The van der Waals surface area contributed by atoms with E-state index in [1.807, 2.05) is 6.92 Å². The third-order valence-electron chi connectivity index (χ3n) is 4.81. The van der Waals surface area contributed by atoms with Gasteiger partial charge < -0.3 is 30.8 Å². The number of nitrogens with zero attached hydrogens (tertiary/aromatic N) is 4. The topological polar surface area (TPSA) is 153 Å². The molecule has 3 aromatic heterocycles. The first kappa shape index (κ1) is 23.9. The van der Waals surface area contributed by atoms with Gasteiger partial charge in [-0.2, -0.15) is 0 Å². The lowest BCUT2D eigenvalue weighted by molar-refractivity contribution is -0.125. The first-order chi connectivity index (χ1) is 15.8. The highest BCUT2D eigenvalue weighted by Crippen LogP contribution is 2.33. The summed E-state index contributed by atoms with van der Waals surface area (Å²) >= 11 is 0. The van der Waals surface area contributed by atoms with Crippen molar-refractivity contribution in [1.29, 1.82) is 0 Å². The van der Waals surface area contributed by atoms with Crippen LogP contribution in [0, 0.1) is 0 Å². The zero-order valence-electron chi connectivity index (χ0n) is 19.5. The van der Waals surface area contributed by atoms with Crippen molar-refractivity contribution in [3.05, 3.63) is 30.4 Å². The molecule has 0 saturated heterocycles. The predicted octanol–water partition coefficient (Wildman–Crippen LogP) is 2.21. The molecule has 0 aromatic carbocycles. The molecule has 3 aromatic rings. The summed E-state index contributed by atoms with van der Waals surface area (Å²) in [6, 6.07) is 3.47. The van der Waals surface area contributed by atoms with E-state index < -0.39 is 0 Å². The summed E-state index contributed by atoms with van der Waals surface area (Å²) in [4.78, 5) is 33.0. The maximum atomic E-state index is 11.7. The summed E-state index contributed by atoms with van der Waals surface area (Å²) in [5, 5.41) is 5.99. The second kappa shape index (κ2) is 10.7. The first-order valence-electron chi connectivity index (χ1n) is 10.6. The van der Waals surface area contributed by atoms with Crippen molar-refractivity contribution in [2.24, 2.45) is 0 Å². The number of nitrogen functional groups attached to an aromatic ring is 1. The van der Waals surface area contributed by atoms with Crippen LogP contribution in [0.4, 0.5) is 11.8 Å². The lowest BCUT2D eigenvalue weighted by Crippen LogP contribution is -2.39. The molecular formula is C22H30N8O3. The summed E-state index contributed by atoms with van der Waals surface area (Å²) in [6.07, 6.45) is 3.33. The van der Waals surface area contributed by atoms with E-state index in [1.54, 1.807) is 31.6 Å². The van der Waals surface area contributed by atoms with E-state index in [9.17, 15) is 4.79 Å². The number of hydrogen-bond donors (Lipinski definition) is 4. The molecule has 5 N–H and O–H groups in total. The number of nitrogens with two attached hydrogens (primary N) is 1. The molecule has 0 fully saturated rings. The van der Waals surface area contributed by atoms with Gasteiger partial charge in [0.25, 0.3) is 0 Å². The molecule has 1 atom stereocenters. The molecule has 0 aliphatic rings. The van der Waals surface area contributed by atoms with Gasteiger partial charge in [-0.3, -0.25) is 4.79 Å². The van der Waals surface area contributed by atoms with Crippen LogP contribution in [0.2, 0.25) is 0 Å². The van der Waals surface area contributed by atoms with Gasteiger partial charge in [0.2, 0.25) is 11.9 Å². The van der Waals surface area contributed by atoms with E-state index in [0.29, 0.717) is 35.4 Å². The molecule has 0 spiro atoms. The number of hydrogen-bond acceptors (Lipinski definition) is 9. The van der Waals surface area contributed by atoms with Crippen molar-refractivity contribution < 1.29 is 14.3 Å². The monoisotopic (exact) mass is 454 g/mol. The summed E-state index contributed by atoms with van der Waals surface area (Å²) in [6.45, 7) is 6.46. The summed E-state index contributed by atoms with van der Waals surface area (Å²) in [7, 11) is 3.02. The maximum absolute atomic E-state index is 11.7. The van der Waals surface area contributed by atoms with Gasteiger partial charge in [-0.05, 0) is 19.1 Å². The number of amides is 1. The molecule has 176 valence electrons. The molecule has 33 heavy (non-hydrogen) atoms. The number of methoxy groups -OCH3 is 2. The number of aromatic amines is 1. The molecule has 0 aliphatic heterocycles. The minimum absolute atomic E-state index is 0.0158. The van der Waals surface area contributed by atoms with Crippen LogP contribution in [0.15, 0.2) is 24.5 Å². The Morgan fingerprint density at radius 3 is 2.70 bits per heavy atom. The molecule has 11 nitrogen and oxygen atoms in total. The number of carbonyl (C=O) groups is 1. The van der Waals surface area contributed by atoms with E-state index in [-0.39, 0.29) is 24.5 Å². The Hall–Kier alpha value is -3.73. The lowest BCUT2D eigenvalue weighted by atomic mass is 10.1. The van der Waals surface area contributed by atoms with Gasteiger partial charge in [-0.1, -0.05) is 13.8 Å².